The molecule has 108 valence electrons. The molecule has 0 aliphatic carbocycles. The second-order valence-corrected chi connectivity index (χ2v) is 4.93. The summed E-state index contributed by atoms with van der Waals surface area (Å²) in [6.07, 6.45) is 0.967. The number of likely N-dealkylation sites (N-methyl/N-ethyl adjacent to an activating group) is 1. The fourth-order valence-electron chi connectivity index (χ4n) is 2.16. The van der Waals surface area contributed by atoms with E-state index in [1.807, 2.05) is 18.7 Å². The van der Waals surface area contributed by atoms with Gasteiger partial charge in [0, 0.05) is 39.8 Å². The quantitative estimate of drug-likeness (QED) is 0.814. The molecule has 2 N–H and O–H groups in total. The average Bonchev–Trinajstić information content (AvgIpc) is 2.62. The fourth-order valence-corrected chi connectivity index (χ4v) is 2.16. The van der Waals surface area contributed by atoms with Crippen LogP contribution in [0.5, 0.6) is 0 Å². The fraction of sp³-hybridized carbons (Fsp3) is 0.692. The highest BCUT2D eigenvalue weighted by Gasteiger charge is 2.20. The molecule has 6 nitrogen and oxygen atoms in total. The van der Waals surface area contributed by atoms with Crippen LogP contribution in [0.15, 0.2) is 0 Å². The van der Waals surface area contributed by atoms with E-state index in [1.54, 1.807) is 19.0 Å². The smallest absolute Gasteiger partial charge is 0.241 e. The number of nitrogens with zero attached hydrogens (tertiary/aromatic N) is 4. The molecule has 1 rings (SSSR count). The van der Waals surface area contributed by atoms with Crippen molar-refractivity contribution in [2.24, 2.45) is 12.8 Å². The Morgan fingerprint density at radius 1 is 1.42 bits per heavy atom. The minimum absolute atomic E-state index is 0.0790. The van der Waals surface area contributed by atoms with Gasteiger partial charge in [-0.3, -0.25) is 9.48 Å². The standard InChI is InChI=1S/C13H25N5O/c1-6-7-18(9-12(19)16(3)4)13-11(8-14)10(2)15-17(13)5/h6-9,14H2,1-5H3. The third kappa shape index (κ3) is 3.47. The van der Waals surface area contributed by atoms with Crippen LogP contribution in [0.3, 0.4) is 0 Å². The van der Waals surface area contributed by atoms with Crippen molar-refractivity contribution in [3.8, 4) is 0 Å². The second-order valence-electron chi connectivity index (χ2n) is 4.93. The molecule has 0 saturated carbocycles. The zero-order valence-electron chi connectivity index (χ0n) is 12.6. The molecule has 0 saturated heterocycles. The molecule has 0 atom stereocenters. The van der Waals surface area contributed by atoms with Crippen LogP contribution in [0.1, 0.15) is 24.6 Å². The Morgan fingerprint density at radius 3 is 2.53 bits per heavy atom. The monoisotopic (exact) mass is 267 g/mol. The molecular formula is C13H25N5O. The van der Waals surface area contributed by atoms with E-state index in [0.717, 1.165) is 30.0 Å². The van der Waals surface area contributed by atoms with Crippen LogP contribution in [0.4, 0.5) is 5.82 Å². The lowest BCUT2D eigenvalue weighted by atomic mass is 10.2. The third-order valence-electron chi connectivity index (χ3n) is 3.14. The maximum Gasteiger partial charge on any atom is 0.241 e. The van der Waals surface area contributed by atoms with Crippen LogP contribution in [-0.2, 0) is 18.4 Å². The molecule has 0 aromatic carbocycles. The van der Waals surface area contributed by atoms with Crippen LogP contribution >= 0.6 is 0 Å². The van der Waals surface area contributed by atoms with E-state index in [-0.39, 0.29) is 5.91 Å². The SMILES string of the molecule is CCCN(CC(=O)N(C)C)c1c(CN)c(C)nn1C. The van der Waals surface area contributed by atoms with E-state index in [9.17, 15) is 4.79 Å². The summed E-state index contributed by atoms with van der Waals surface area (Å²) in [6.45, 7) is 5.64. The summed E-state index contributed by atoms with van der Waals surface area (Å²) >= 11 is 0. The van der Waals surface area contributed by atoms with Gasteiger partial charge in [0.05, 0.1) is 12.2 Å². The Labute approximate surface area is 115 Å². The molecule has 1 heterocycles. The normalized spacial score (nSPS) is 10.6. The molecule has 0 spiro atoms. The zero-order valence-corrected chi connectivity index (χ0v) is 12.6. The van der Waals surface area contributed by atoms with Crippen molar-refractivity contribution >= 4 is 11.7 Å². The van der Waals surface area contributed by atoms with Gasteiger partial charge < -0.3 is 15.5 Å². The van der Waals surface area contributed by atoms with Gasteiger partial charge in [0.1, 0.15) is 5.82 Å². The van der Waals surface area contributed by atoms with Crippen molar-refractivity contribution in [1.82, 2.24) is 14.7 Å². The average molecular weight is 267 g/mol. The Morgan fingerprint density at radius 2 is 2.05 bits per heavy atom. The number of aryl methyl sites for hydroxylation is 2. The van der Waals surface area contributed by atoms with Gasteiger partial charge in [0.25, 0.3) is 0 Å². The highest BCUT2D eigenvalue weighted by Crippen LogP contribution is 2.23. The lowest BCUT2D eigenvalue weighted by Gasteiger charge is -2.26. The molecule has 0 fully saturated rings. The van der Waals surface area contributed by atoms with Crippen molar-refractivity contribution in [3.63, 3.8) is 0 Å². The van der Waals surface area contributed by atoms with Crippen LogP contribution in [-0.4, -0.2) is 47.8 Å². The first-order chi connectivity index (χ1) is 8.92. The summed E-state index contributed by atoms with van der Waals surface area (Å²) in [5.41, 5.74) is 7.76. The van der Waals surface area contributed by atoms with E-state index in [2.05, 4.69) is 16.9 Å². The number of hydrogen-bond acceptors (Lipinski definition) is 4. The van der Waals surface area contributed by atoms with Gasteiger partial charge in [-0.15, -0.1) is 0 Å². The topological polar surface area (TPSA) is 67.4 Å². The second kappa shape index (κ2) is 6.56. The zero-order chi connectivity index (χ0) is 14.6. The van der Waals surface area contributed by atoms with E-state index in [1.165, 1.54) is 0 Å². The number of anilines is 1. The van der Waals surface area contributed by atoms with Crippen molar-refractivity contribution in [2.75, 3.05) is 32.1 Å². The lowest BCUT2D eigenvalue weighted by molar-refractivity contribution is -0.127. The highest BCUT2D eigenvalue weighted by atomic mass is 16.2. The van der Waals surface area contributed by atoms with Gasteiger partial charge in [0.2, 0.25) is 5.91 Å². The summed E-state index contributed by atoms with van der Waals surface area (Å²) in [4.78, 5) is 15.6. The summed E-state index contributed by atoms with van der Waals surface area (Å²) in [5, 5.41) is 4.41. The third-order valence-corrected chi connectivity index (χ3v) is 3.14. The van der Waals surface area contributed by atoms with Crippen LogP contribution in [0.2, 0.25) is 0 Å². The first kappa shape index (κ1) is 15.5. The van der Waals surface area contributed by atoms with Crippen molar-refractivity contribution in [3.05, 3.63) is 11.3 Å². The van der Waals surface area contributed by atoms with Gasteiger partial charge in [-0.05, 0) is 13.3 Å². The first-order valence-corrected chi connectivity index (χ1v) is 6.60. The van der Waals surface area contributed by atoms with Gasteiger partial charge in [0.15, 0.2) is 0 Å². The van der Waals surface area contributed by atoms with Gasteiger partial charge in [-0.2, -0.15) is 5.10 Å². The predicted molar refractivity (Wildman–Crippen MR) is 77.0 cm³/mol. The molecule has 1 amide bonds. The van der Waals surface area contributed by atoms with Gasteiger partial charge >= 0.3 is 0 Å². The number of hydrogen-bond donors (Lipinski definition) is 1. The van der Waals surface area contributed by atoms with Crippen LogP contribution in [0, 0.1) is 6.92 Å². The molecule has 6 heteroatoms. The van der Waals surface area contributed by atoms with Crippen LogP contribution < -0.4 is 10.6 Å². The Hall–Kier alpha value is -1.56. The highest BCUT2D eigenvalue weighted by molar-refractivity contribution is 5.81. The molecule has 0 radical (unpaired) electrons. The van der Waals surface area contributed by atoms with Gasteiger partial charge in [-0.25, -0.2) is 0 Å². The molecular weight excluding hydrogens is 242 g/mol. The van der Waals surface area contributed by atoms with Crippen molar-refractivity contribution in [2.45, 2.75) is 26.8 Å². The molecule has 0 aliphatic rings. The Balaban J connectivity index is 3.08. The summed E-state index contributed by atoms with van der Waals surface area (Å²) in [6, 6.07) is 0. The van der Waals surface area contributed by atoms with E-state index in [0.29, 0.717) is 13.1 Å². The Kier molecular flexibility index (Phi) is 5.35. The Bertz CT molecular complexity index is 438. The van der Waals surface area contributed by atoms with E-state index >= 15 is 0 Å². The largest absolute Gasteiger partial charge is 0.347 e. The summed E-state index contributed by atoms with van der Waals surface area (Å²) < 4.78 is 1.82. The van der Waals surface area contributed by atoms with Crippen LogP contribution in [0.25, 0.3) is 0 Å². The maximum absolute atomic E-state index is 11.9. The molecule has 1 aromatic rings. The maximum atomic E-state index is 11.9. The number of amides is 1. The number of rotatable bonds is 6. The van der Waals surface area contributed by atoms with Crippen molar-refractivity contribution in [1.29, 1.82) is 0 Å². The minimum atomic E-state index is 0.0790. The minimum Gasteiger partial charge on any atom is -0.347 e. The summed E-state index contributed by atoms with van der Waals surface area (Å²) in [7, 11) is 5.43. The molecule has 0 aliphatic heterocycles. The van der Waals surface area contributed by atoms with E-state index in [4.69, 9.17) is 5.73 Å². The molecule has 19 heavy (non-hydrogen) atoms. The van der Waals surface area contributed by atoms with E-state index < -0.39 is 0 Å². The molecule has 1 aromatic heterocycles. The molecule has 0 bridgehead atoms. The number of nitrogens with two attached hydrogens (primary N) is 1. The number of carbonyl (C=O) groups is 1. The number of carbonyl (C=O) groups excluding carboxylic acids is 1. The summed E-state index contributed by atoms with van der Waals surface area (Å²) in [5.74, 6) is 1.03. The first-order valence-electron chi connectivity index (χ1n) is 6.60. The van der Waals surface area contributed by atoms with Crippen molar-refractivity contribution < 1.29 is 4.79 Å². The lowest BCUT2D eigenvalue weighted by Crippen LogP contribution is -2.38. The van der Waals surface area contributed by atoms with Gasteiger partial charge in [-0.1, -0.05) is 6.92 Å². The predicted octanol–water partition coefficient (Wildman–Crippen LogP) is 0.492. The number of aromatic nitrogens is 2. The molecule has 0 unspecified atom stereocenters.